The van der Waals surface area contributed by atoms with Crippen molar-refractivity contribution < 1.29 is 0 Å². The van der Waals surface area contributed by atoms with Crippen LogP contribution in [-0.4, -0.2) is 4.98 Å². The van der Waals surface area contributed by atoms with E-state index >= 15 is 0 Å². The molecule has 2 nitrogen and oxygen atoms in total. The summed E-state index contributed by atoms with van der Waals surface area (Å²) in [5, 5.41) is 1.92. The molecule has 18 heavy (non-hydrogen) atoms. The number of H-pyrrole nitrogens is 1. The minimum atomic E-state index is 0.0251. The van der Waals surface area contributed by atoms with E-state index in [1.807, 2.05) is 18.2 Å². The second kappa shape index (κ2) is 3.45. The van der Waals surface area contributed by atoms with Crippen molar-refractivity contribution in [3.05, 3.63) is 63.6 Å². The summed E-state index contributed by atoms with van der Waals surface area (Å²) in [6, 6.07) is 7.90. The maximum Gasteiger partial charge on any atom is 0.256 e. The summed E-state index contributed by atoms with van der Waals surface area (Å²) in [7, 11) is 0. The summed E-state index contributed by atoms with van der Waals surface area (Å²) in [6.45, 7) is 0. The van der Waals surface area contributed by atoms with Crippen LogP contribution in [0.3, 0.4) is 0 Å². The fourth-order valence-corrected chi connectivity index (χ4v) is 3.12. The first-order chi connectivity index (χ1) is 8.84. The number of hydrogen-bond acceptors (Lipinski definition) is 1. The van der Waals surface area contributed by atoms with E-state index in [4.69, 9.17) is 0 Å². The molecule has 88 valence electrons. The number of hydrogen-bond donors (Lipinski definition) is 1. The van der Waals surface area contributed by atoms with E-state index in [1.165, 1.54) is 16.7 Å². The predicted octanol–water partition coefficient (Wildman–Crippen LogP) is 3.19. The Morgan fingerprint density at radius 2 is 1.94 bits per heavy atom. The highest BCUT2D eigenvalue weighted by Gasteiger charge is 2.24. The molecule has 0 atom stereocenters. The van der Waals surface area contributed by atoms with Crippen LogP contribution in [0.4, 0.5) is 0 Å². The van der Waals surface area contributed by atoms with Crippen molar-refractivity contribution >= 4 is 16.3 Å². The van der Waals surface area contributed by atoms with Crippen LogP contribution in [0.5, 0.6) is 0 Å². The molecule has 2 aliphatic rings. The Hall–Kier alpha value is -2.09. The second-order valence-electron chi connectivity index (χ2n) is 4.99. The highest BCUT2D eigenvalue weighted by Crippen LogP contribution is 2.39. The van der Waals surface area contributed by atoms with Gasteiger partial charge in [0.25, 0.3) is 5.56 Å². The standard InChI is InChI=1S/C16H13NO/c18-16-13-8-4-3-7-12(13)14-9-10-5-1-2-6-11(10)15(14)17-16/h2-4,6-8H,1,5,9H2,(H,17,18). The molecule has 1 aromatic carbocycles. The van der Waals surface area contributed by atoms with Gasteiger partial charge in [0, 0.05) is 5.39 Å². The second-order valence-corrected chi connectivity index (χ2v) is 4.99. The van der Waals surface area contributed by atoms with Crippen molar-refractivity contribution in [2.24, 2.45) is 0 Å². The van der Waals surface area contributed by atoms with Crippen LogP contribution in [0.15, 0.2) is 46.8 Å². The van der Waals surface area contributed by atoms with Crippen LogP contribution in [0.1, 0.15) is 24.1 Å². The third kappa shape index (κ3) is 1.20. The first-order valence-corrected chi connectivity index (χ1v) is 6.37. The zero-order valence-electron chi connectivity index (χ0n) is 9.99. The molecule has 2 aromatic rings. The van der Waals surface area contributed by atoms with E-state index in [2.05, 4.69) is 23.2 Å². The zero-order valence-corrected chi connectivity index (χ0v) is 9.99. The lowest BCUT2D eigenvalue weighted by Crippen LogP contribution is -2.10. The molecule has 1 aromatic heterocycles. The van der Waals surface area contributed by atoms with E-state index < -0.39 is 0 Å². The van der Waals surface area contributed by atoms with Crippen molar-refractivity contribution in [1.29, 1.82) is 0 Å². The molecule has 0 unspecified atom stereocenters. The number of fused-ring (bicyclic) bond motifs is 4. The molecule has 0 aliphatic heterocycles. The molecule has 4 rings (SSSR count). The van der Waals surface area contributed by atoms with Crippen LogP contribution in [0.25, 0.3) is 16.3 Å². The summed E-state index contributed by atoms with van der Waals surface area (Å²) >= 11 is 0. The van der Waals surface area contributed by atoms with Gasteiger partial charge in [-0.1, -0.05) is 35.9 Å². The number of benzene rings is 1. The lowest BCUT2D eigenvalue weighted by atomic mass is 9.99. The molecule has 0 spiro atoms. The van der Waals surface area contributed by atoms with Crippen molar-refractivity contribution in [1.82, 2.24) is 4.98 Å². The Kier molecular flexibility index (Phi) is 1.90. The van der Waals surface area contributed by atoms with Gasteiger partial charge in [-0.25, -0.2) is 0 Å². The molecule has 0 saturated carbocycles. The van der Waals surface area contributed by atoms with Crippen molar-refractivity contribution in [2.45, 2.75) is 19.3 Å². The Bertz CT molecular complexity index is 777. The monoisotopic (exact) mass is 235 g/mol. The van der Waals surface area contributed by atoms with E-state index in [0.29, 0.717) is 0 Å². The number of rotatable bonds is 0. The van der Waals surface area contributed by atoms with E-state index in [-0.39, 0.29) is 5.56 Å². The highest BCUT2D eigenvalue weighted by molar-refractivity contribution is 5.93. The summed E-state index contributed by atoms with van der Waals surface area (Å²) in [4.78, 5) is 15.2. The van der Waals surface area contributed by atoms with Gasteiger partial charge in [0.05, 0.1) is 5.69 Å². The van der Waals surface area contributed by atoms with Gasteiger partial charge in [-0.05, 0) is 41.9 Å². The van der Waals surface area contributed by atoms with E-state index in [9.17, 15) is 4.79 Å². The maximum absolute atomic E-state index is 12.1. The van der Waals surface area contributed by atoms with Gasteiger partial charge in [0.1, 0.15) is 0 Å². The van der Waals surface area contributed by atoms with Gasteiger partial charge in [-0.15, -0.1) is 0 Å². The normalized spacial score (nSPS) is 17.1. The van der Waals surface area contributed by atoms with Gasteiger partial charge in [0.2, 0.25) is 0 Å². The van der Waals surface area contributed by atoms with E-state index in [1.54, 1.807) is 0 Å². The van der Waals surface area contributed by atoms with Gasteiger partial charge in [0.15, 0.2) is 0 Å². The molecule has 1 N–H and O–H groups in total. The van der Waals surface area contributed by atoms with Crippen LogP contribution < -0.4 is 5.56 Å². The molecule has 2 heteroatoms. The highest BCUT2D eigenvalue weighted by atomic mass is 16.1. The van der Waals surface area contributed by atoms with Crippen LogP contribution in [0, 0.1) is 0 Å². The predicted molar refractivity (Wildman–Crippen MR) is 73.6 cm³/mol. The fraction of sp³-hybridized carbons (Fsp3) is 0.188. The Labute approximate surface area is 105 Å². The number of nitrogens with one attached hydrogen (secondary N) is 1. The van der Waals surface area contributed by atoms with E-state index in [0.717, 1.165) is 35.7 Å². The molecule has 0 radical (unpaired) electrons. The smallest absolute Gasteiger partial charge is 0.256 e. The molecular formula is C16H13NO. The average molecular weight is 235 g/mol. The SMILES string of the molecule is O=c1[nH]c2c(c3ccccc13)CC1=C2C=CCC1. The van der Waals surface area contributed by atoms with Crippen LogP contribution in [0.2, 0.25) is 0 Å². The van der Waals surface area contributed by atoms with Gasteiger partial charge in [-0.3, -0.25) is 4.79 Å². The molecule has 0 saturated heterocycles. The topological polar surface area (TPSA) is 32.9 Å². The minimum Gasteiger partial charge on any atom is -0.321 e. The molecular weight excluding hydrogens is 222 g/mol. The lowest BCUT2D eigenvalue weighted by molar-refractivity contribution is 0.937. The molecule has 2 aliphatic carbocycles. The number of aromatic nitrogens is 1. The molecule has 0 bridgehead atoms. The Balaban J connectivity index is 2.09. The zero-order chi connectivity index (χ0) is 12.1. The summed E-state index contributed by atoms with van der Waals surface area (Å²) in [5.41, 5.74) is 5.09. The fourth-order valence-electron chi connectivity index (χ4n) is 3.12. The van der Waals surface area contributed by atoms with Gasteiger partial charge < -0.3 is 4.98 Å². The van der Waals surface area contributed by atoms with Crippen LogP contribution in [-0.2, 0) is 6.42 Å². The third-order valence-electron chi connectivity index (χ3n) is 3.97. The van der Waals surface area contributed by atoms with Crippen molar-refractivity contribution in [3.63, 3.8) is 0 Å². The first-order valence-electron chi connectivity index (χ1n) is 6.37. The molecule has 0 fully saturated rings. The Morgan fingerprint density at radius 1 is 1.11 bits per heavy atom. The van der Waals surface area contributed by atoms with Crippen molar-refractivity contribution in [3.8, 4) is 0 Å². The van der Waals surface area contributed by atoms with Gasteiger partial charge >= 0.3 is 0 Å². The minimum absolute atomic E-state index is 0.0251. The maximum atomic E-state index is 12.1. The molecule has 0 amide bonds. The summed E-state index contributed by atoms with van der Waals surface area (Å²) in [5.74, 6) is 0. The lowest BCUT2D eigenvalue weighted by Gasteiger charge is -2.07. The quantitative estimate of drug-likeness (QED) is 0.747. The van der Waals surface area contributed by atoms with Gasteiger partial charge in [-0.2, -0.15) is 0 Å². The molecule has 1 heterocycles. The largest absolute Gasteiger partial charge is 0.321 e. The third-order valence-corrected chi connectivity index (χ3v) is 3.97. The van der Waals surface area contributed by atoms with Crippen molar-refractivity contribution in [2.75, 3.05) is 0 Å². The number of allylic oxidation sites excluding steroid dienone is 4. The number of pyridine rings is 1. The Morgan fingerprint density at radius 3 is 2.83 bits per heavy atom. The van der Waals surface area contributed by atoms with Crippen LogP contribution >= 0.6 is 0 Å². The summed E-state index contributed by atoms with van der Waals surface area (Å²) in [6.07, 6.45) is 7.59. The number of aromatic amines is 1. The average Bonchev–Trinajstić information content (AvgIpc) is 2.78. The first kappa shape index (κ1) is 9.89. The summed E-state index contributed by atoms with van der Waals surface area (Å²) < 4.78 is 0.